The Labute approximate surface area is 221 Å². The fourth-order valence-electron chi connectivity index (χ4n) is 2.99. The van der Waals surface area contributed by atoms with E-state index in [0.29, 0.717) is 11.5 Å². The molecule has 0 heterocycles. The molecule has 0 spiro atoms. The molecule has 0 saturated carbocycles. The normalized spacial score (nSPS) is 10.4. The van der Waals surface area contributed by atoms with Crippen LogP contribution in [-0.2, 0) is 37.0 Å². The Morgan fingerprint density at radius 3 is 1.03 bits per heavy atom. The van der Waals surface area contributed by atoms with Gasteiger partial charge in [0.2, 0.25) is 0 Å². The second-order valence-corrected chi connectivity index (χ2v) is 9.64. The van der Waals surface area contributed by atoms with E-state index in [4.69, 9.17) is 0 Å². The molecule has 2 aromatic rings. The van der Waals surface area contributed by atoms with E-state index in [2.05, 4.69) is 41.5 Å². The number of para-hydroxylation sites is 2. The predicted octanol–water partition coefficient (Wildman–Crippen LogP) is 6.35. The van der Waals surface area contributed by atoms with Gasteiger partial charge in [0.25, 0.3) is 0 Å². The SMILES string of the molecule is CN(C)c1cccc(C(C)(C)C)c1O.CN(C)c1cccc(C(C)(C)C)c1O.Cl.Cl.[Zr]. The van der Waals surface area contributed by atoms with Crippen molar-refractivity contribution in [3.63, 3.8) is 0 Å². The van der Waals surface area contributed by atoms with Crippen molar-refractivity contribution < 1.29 is 36.4 Å². The first-order chi connectivity index (χ1) is 12.7. The van der Waals surface area contributed by atoms with Gasteiger partial charge in [-0.3, -0.25) is 0 Å². The smallest absolute Gasteiger partial charge is 0.142 e. The molecule has 0 aliphatic carbocycles. The van der Waals surface area contributed by atoms with E-state index in [0.717, 1.165) is 22.5 Å². The first-order valence-electron chi connectivity index (χ1n) is 9.67. The van der Waals surface area contributed by atoms with E-state index < -0.39 is 0 Å². The molecule has 0 aliphatic rings. The third-order valence-corrected chi connectivity index (χ3v) is 4.61. The van der Waals surface area contributed by atoms with Gasteiger partial charge >= 0.3 is 0 Å². The molecule has 0 aliphatic heterocycles. The number of halogens is 2. The molecular weight excluding hydrogens is 510 g/mol. The number of rotatable bonds is 2. The third-order valence-electron chi connectivity index (χ3n) is 4.61. The minimum atomic E-state index is -0.0178. The van der Waals surface area contributed by atoms with Crippen LogP contribution in [-0.4, -0.2) is 38.4 Å². The van der Waals surface area contributed by atoms with Crippen LogP contribution in [0.3, 0.4) is 0 Å². The first-order valence-corrected chi connectivity index (χ1v) is 9.67. The number of phenolic OH excluding ortho intramolecular Hbond substituents is 2. The molecule has 0 bridgehead atoms. The van der Waals surface area contributed by atoms with Crippen LogP contribution in [0.5, 0.6) is 11.5 Å². The van der Waals surface area contributed by atoms with Crippen molar-refractivity contribution in [2.24, 2.45) is 0 Å². The molecule has 0 fully saturated rings. The van der Waals surface area contributed by atoms with Gasteiger partial charge in [-0.25, -0.2) is 0 Å². The molecule has 0 amide bonds. The van der Waals surface area contributed by atoms with E-state index >= 15 is 0 Å². The van der Waals surface area contributed by atoms with Crippen LogP contribution in [0.2, 0.25) is 0 Å². The quantitative estimate of drug-likeness (QED) is 0.457. The van der Waals surface area contributed by atoms with Crippen molar-refractivity contribution in [3.8, 4) is 11.5 Å². The molecule has 0 radical (unpaired) electrons. The molecular formula is C24H40Cl2N2O2Zr. The standard InChI is InChI=1S/2C12H19NO.2ClH.Zr/c2*1-12(2,3)9-7-6-8-10(11(9)14)13(4)5;;;/h2*6-8,14H,1-5H3;2*1H;. The van der Waals surface area contributed by atoms with Gasteiger partial charge in [0, 0.05) is 65.5 Å². The monoisotopic (exact) mass is 548 g/mol. The Bertz CT molecular complexity index is 732. The summed E-state index contributed by atoms with van der Waals surface area (Å²) < 4.78 is 0. The molecule has 31 heavy (non-hydrogen) atoms. The molecule has 7 heteroatoms. The zero-order valence-corrected chi connectivity index (χ0v) is 24.7. The topological polar surface area (TPSA) is 46.9 Å². The molecule has 0 aromatic heterocycles. The molecule has 0 unspecified atom stereocenters. The number of aromatic hydroxyl groups is 2. The number of benzene rings is 2. The van der Waals surface area contributed by atoms with Crippen molar-refractivity contribution in [3.05, 3.63) is 47.5 Å². The second kappa shape index (κ2) is 13.6. The first kappa shape index (κ1) is 34.7. The molecule has 2 N–H and O–H groups in total. The average molecular weight is 551 g/mol. The van der Waals surface area contributed by atoms with E-state index in [-0.39, 0.29) is 61.8 Å². The van der Waals surface area contributed by atoms with Crippen LogP contribution in [0.1, 0.15) is 52.7 Å². The van der Waals surface area contributed by atoms with Gasteiger partial charge in [-0.05, 0) is 23.0 Å². The van der Waals surface area contributed by atoms with Crippen LogP contribution in [0.4, 0.5) is 11.4 Å². The Kier molecular flexibility index (Phi) is 15.2. The summed E-state index contributed by atoms with van der Waals surface area (Å²) in [6.07, 6.45) is 0. The number of hydrogen-bond acceptors (Lipinski definition) is 4. The summed E-state index contributed by atoms with van der Waals surface area (Å²) in [6.45, 7) is 12.6. The number of nitrogens with zero attached hydrogens (tertiary/aromatic N) is 2. The van der Waals surface area contributed by atoms with Gasteiger partial charge < -0.3 is 20.0 Å². The van der Waals surface area contributed by atoms with Gasteiger partial charge in [-0.2, -0.15) is 0 Å². The fourth-order valence-corrected chi connectivity index (χ4v) is 2.99. The molecule has 2 rings (SSSR count). The van der Waals surface area contributed by atoms with Crippen molar-refractivity contribution in [1.29, 1.82) is 0 Å². The number of hydrogen-bond donors (Lipinski definition) is 2. The second-order valence-electron chi connectivity index (χ2n) is 9.64. The van der Waals surface area contributed by atoms with E-state index in [1.165, 1.54) is 0 Å². The Hall–Kier alpha value is -0.897. The fraction of sp³-hybridized carbons (Fsp3) is 0.500. The maximum absolute atomic E-state index is 10.1. The molecule has 0 atom stereocenters. The summed E-state index contributed by atoms with van der Waals surface area (Å²) in [7, 11) is 7.73. The van der Waals surface area contributed by atoms with Crippen LogP contribution >= 0.6 is 24.8 Å². The summed E-state index contributed by atoms with van der Waals surface area (Å²) in [5.41, 5.74) is 3.69. The average Bonchev–Trinajstić information content (AvgIpc) is 2.53. The van der Waals surface area contributed by atoms with Crippen LogP contribution in [0.25, 0.3) is 0 Å². The number of anilines is 2. The largest absolute Gasteiger partial charge is 0.505 e. The van der Waals surface area contributed by atoms with E-state index in [9.17, 15) is 10.2 Å². The predicted molar refractivity (Wildman–Crippen MR) is 137 cm³/mol. The van der Waals surface area contributed by atoms with E-state index in [1.807, 2.05) is 74.4 Å². The van der Waals surface area contributed by atoms with Crippen molar-refractivity contribution in [1.82, 2.24) is 0 Å². The number of phenols is 2. The third kappa shape index (κ3) is 9.64. The molecule has 176 valence electrons. The van der Waals surface area contributed by atoms with Gasteiger partial charge in [0.1, 0.15) is 11.5 Å². The summed E-state index contributed by atoms with van der Waals surface area (Å²) in [4.78, 5) is 3.84. The van der Waals surface area contributed by atoms with Crippen molar-refractivity contribution in [2.75, 3.05) is 38.0 Å². The molecule has 4 nitrogen and oxygen atoms in total. The zero-order chi connectivity index (χ0) is 21.9. The van der Waals surface area contributed by atoms with Gasteiger partial charge in [0.05, 0.1) is 11.4 Å². The summed E-state index contributed by atoms with van der Waals surface area (Å²) in [6, 6.07) is 11.8. The van der Waals surface area contributed by atoms with Gasteiger partial charge in [-0.15, -0.1) is 24.8 Å². The van der Waals surface area contributed by atoms with Gasteiger partial charge in [0.15, 0.2) is 0 Å². The van der Waals surface area contributed by atoms with Crippen molar-refractivity contribution >= 4 is 36.2 Å². The van der Waals surface area contributed by atoms with Crippen LogP contribution in [0.15, 0.2) is 36.4 Å². The zero-order valence-electron chi connectivity index (χ0n) is 20.6. The maximum atomic E-state index is 10.1. The molecule has 0 saturated heterocycles. The van der Waals surface area contributed by atoms with Crippen LogP contribution in [0, 0.1) is 0 Å². The summed E-state index contributed by atoms with van der Waals surface area (Å²) >= 11 is 0. The maximum Gasteiger partial charge on any atom is 0.142 e. The minimum absolute atomic E-state index is 0. The Morgan fingerprint density at radius 2 is 0.839 bits per heavy atom. The minimum Gasteiger partial charge on any atom is -0.505 e. The van der Waals surface area contributed by atoms with Gasteiger partial charge in [-0.1, -0.05) is 65.8 Å². The Morgan fingerprint density at radius 1 is 0.581 bits per heavy atom. The van der Waals surface area contributed by atoms with Crippen molar-refractivity contribution in [2.45, 2.75) is 52.4 Å². The molecule has 2 aromatic carbocycles. The summed E-state index contributed by atoms with van der Waals surface area (Å²) in [5, 5.41) is 20.1. The van der Waals surface area contributed by atoms with E-state index in [1.54, 1.807) is 0 Å². The summed E-state index contributed by atoms with van der Waals surface area (Å²) in [5.74, 6) is 0.787. The Balaban J connectivity index is -0.000000461. The van der Waals surface area contributed by atoms with Crippen LogP contribution < -0.4 is 9.80 Å².